The summed E-state index contributed by atoms with van der Waals surface area (Å²) in [6, 6.07) is 5.69. The van der Waals surface area contributed by atoms with E-state index in [0.717, 1.165) is 11.5 Å². The summed E-state index contributed by atoms with van der Waals surface area (Å²) in [6.45, 7) is 2.80. The van der Waals surface area contributed by atoms with Gasteiger partial charge in [-0.05, 0) is 48.3 Å². The molecule has 1 aromatic rings. The number of piperidine rings is 1. The SMILES string of the molecule is CC1CCCC(c2ccc3c(c2)CN(C2CCC(=O)NC2=O)C3=O)CC1. The smallest absolute Gasteiger partial charge is 0.255 e. The van der Waals surface area contributed by atoms with Crippen molar-refractivity contribution in [1.29, 1.82) is 0 Å². The summed E-state index contributed by atoms with van der Waals surface area (Å²) in [7, 11) is 0. The van der Waals surface area contributed by atoms with Crippen molar-refractivity contribution >= 4 is 17.7 Å². The highest BCUT2D eigenvalue weighted by Crippen LogP contribution is 2.36. The fourth-order valence-electron chi connectivity index (χ4n) is 4.67. The molecule has 2 fully saturated rings. The molecule has 4 rings (SSSR count). The zero-order chi connectivity index (χ0) is 18.3. The number of amides is 3. The monoisotopic (exact) mass is 354 g/mol. The maximum Gasteiger partial charge on any atom is 0.255 e. The minimum absolute atomic E-state index is 0.0875. The van der Waals surface area contributed by atoms with Crippen LogP contribution >= 0.6 is 0 Å². The molecule has 2 aliphatic heterocycles. The average molecular weight is 354 g/mol. The lowest BCUT2D eigenvalue weighted by Crippen LogP contribution is -2.52. The van der Waals surface area contributed by atoms with Crippen molar-refractivity contribution < 1.29 is 14.4 Å². The lowest BCUT2D eigenvalue weighted by atomic mass is 9.89. The quantitative estimate of drug-likeness (QED) is 0.655. The molecule has 3 unspecified atom stereocenters. The van der Waals surface area contributed by atoms with Crippen LogP contribution in [0.1, 0.15) is 79.3 Å². The molecule has 5 heteroatoms. The van der Waals surface area contributed by atoms with Crippen LogP contribution in [0.15, 0.2) is 18.2 Å². The number of hydrogen-bond donors (Lipinski definition) is 1. The fraction of sp³-hybridized carbons (Fsp3) is 0.571. The van der Waals surface area contributed by atoms with Crippen LogP contribution in [-0.4, -0.2) is 28.7 Å². The van der Waals surface area contributed by atoms with E-state index in [9.17, 15) is 14.4 Å². The number of nitrogens with zero attached hydrogens (tertiary/aromatic N) is 1. The molecule has 3 amide bonds. The van der Waals surface area contributed by atoms with E-state index in [2.05, 4.69) is 24.4 Å². The maximum atomic E-state index is 12.8. The van der Waals surface area contributed by atoms with E-state index in [-0.39, 0.29) is 17.7 Å². The van der Waals surface area contributed by atoms with Gasteiger partial charge in [-0.2, -0.15) is 0 Å². The number of fused-ring (bicyclic) bond motifs is 1. The number of carbonyl (C=O) groups is 3. The summed E-state index contributed by atoms with van der Waals surface area (Å²) < 4.78 is 0. The predicted molar refractivity (Wildman–Crippen MR) is 97.5 cm³/mol. The highest BCUT2D eigenvalue weighted by atomic mass is 16.2. The Hall–Kier alpha value is -2.17. The molecule has 1 aliphatic carbocycles. The first kappa shape index (κ1) is 17.3. The van der Waals surface area contributed by atoms with Crippen LogP contribution in [0.3, 0.4) is 0 Å². The van der Waals surface area contributed by atoms with E-state index in [1.54, 1.807) is 4.90 Å². The van der Waals surface area contributed by atoms with Crippen LogP contribution in [-0.2, 0) is 16.1 Å². The molecule has 5 nitrogen and oxygen atoms in total. The molecule has 0 aromatic heterocycles. The van der Waals surface area contributed by atoms with Gasteiger partial charge in [0.2, 0.25) is 11.8 Å². The topological polar surface area (TPSA) is 66.5 Å². The average Bonchev–Trinajstić information content (AvgIpc) is 2.78. The largest absolute Gasteiger partial charge is 0.322 e. The number of rotatable bonds is 2. The molecule has 0 radical (unpaired) electrons. The van der Waals surface area contributed by atoms with Crippen molar-refractivity contribution in [3.63, 3.8) is 0 Å². The third-order valence-corrected chi connectivity index (χ3v) is 6.28. The van der Waals surface area contributed by atoms with E-state index in [1.807, 2.05) is 6.07 Å². The van der Waals surface area contributed by atoms with Crippen LogP contribution in [0.5, 0.6) is 0 Å². The Morgan fingerprint density at radius 2 is 1.88 bits per heavy atom. The molecule has 0 bridgehead atoms. The zero-order valence-corrected chi connectivity index (χ0v) is 15.3. The first-order valence-corrected chi connectivity index (χ1v) is 9.80. The molecule has 0 spiro atoms. The van der Waals surface area contributed by atoms with E-state index in [4.69, 9.17) is 0 Å². The van der Waals surface area contributed by atoms with Gasteiger partial charge in [0.25, 0.3) is 5.91 Å². The van der Waals surface area contributed by atoms with E-state index >= 15 is 0 Å². The van der Waals surface area contributed by atoms with Gasteiger partial charge in [0.15, 0.2) is 0 Å². The summed E-state index contributed by atoms with van der Waals surface area (Å²) in [6.07, 6.45) is 6.98. The Labute approximate surface area is 154 Å². The van der Waals surface area contributed by atoms with Crippen LogP contribution in [0.4, 0.5) is 0 Å². The summed E-state index contributed by atoms with van der Waals surface area (Å²) in [5.41, 5.74) is 3.06. The van der Waals surface area contributed by atoms with Crippen LogP contribution < -0.4 is 5.32 Å². The molecule has 1 N–H and O–H groups in total. The molecule has 1 saturated heterocycles. The van der Waals surface area contributed by atoms with Crippen molar-refractivity contribution in [2.24, 2.45) is 5.92 Å². The van der Waals surface area contributed by atoms with Gasteiger partial charge in [-0.1, -0.05) is 38.3 Å². The highest BCUT2D eigenvalue weighted by Gasteiger charge is 2.39. The van der Waals surface area contributed by atoms with Crippen molar-refractivity contribution in [1.82, 2.24) is 10.2 Å². The second kappa shape index (κ2) is 6.86. The maximum absolute atomic E-state index is 12.8. The Bertz CT molecular complexity index is 758. The van der Waals surface area contributed by atoms with E-state index < -0.39 is 6.04 Å². The van der Waals surface area contributed by atoms with Crippen LogP contribution in [0.25, 0.3) is 0 Å². The minimum atomic E-state index is -0.533. The van der Waals surface area contributed by atoms with Crippen LogP contribution in [0, 0.1) is 5.92 Å². The summed E-state index contributed by atoms with van der Waals surface area (Å²) >= 11 is 0. The molecular weight excluding hydrogens is 328 g/mol. The molecule has 138 valence electrons. The number of benzene rings is 1. The van der Waals surface area contributed by atoms with Gasteiger partial charge in [0.1, 0.15) is 6.04 Å². The Morgan fingerprint density at radius 1 is 1.04 bits per heavy atom. The summed E-state index contributed by atoms with van der Waals surface area (Å²) in [5.74, 6) is 0.695. The number of hydrogen-bond acceptors (Lipinski definition) is 3. The van der Waals surface area contributed by atoms with Crippen molar-refractivity contribution in [2.75, 3.05) is 0 Å². The predicted octanol–water partition coefficient (Wildman–Crippen LogP) is 3.13. The minimum Gasteiger partial charge on any atom is -0.322 e. The van der Waals surface area contributed by atoms with Gasteiger partial charge in [-0.3, -0.25) is 19.7 Å². The molecule has 1 aromatic carbocycles. The molecule has 3 aliphatic rings. The Balaban J connectivity index is 1.53. The zero-order valence-electron chi connectivity index (χ0n) is 15.3. The van der Waals surface area contributed by atoms with Gasteiger partial charge in [0.05, 0.1) is 0 Å². The van der Waals surface area contributed by atoms with Gasteiger partial charge < -0.3 is 4.90 Å². The molecule has 2 heterocycles. The number of nitrogens with one attached hydrogen (secondary N) is 1. The number of carbonyl (C=O) groups excluding carboxylic acids is 3. The van der Waals surface area contributed by atoms with E-state index in [0.29, 0.717) is 30.9 Å². The molecular formula is C21H26N2O3. The van der Waals surface area contributed by atoms with Crippen molar-refractivity contribution in [3.8, 4) is 0 Å². The second-order valence-corrected chi connectivity index (χ2v) is 8.13. The third kappa shape index (κ3) is 3.15. The summed E-state index contributed by atoms with van der Waals surface area (Å²) in [4.78, 5) is 37.9. The van der Waals surface area contributed by atoms with Crippen LogP contribution in [0.2, 0.25) is 0 Å². The van der Waals surface area contributed by atoms with Gasteiger partial charge in [-0.15, -0.1) is 0 Å². The van der Waals surface area contributed by atoms with Gasteiger partial charge in [-0.25, -0.2) is 0 Å². The standard InChI is InChI=1S/C21H26N2O3/c1-13-3-2-4-14(6-5-13)15-7-8-17-16(11-15)12-23(21(17)26)18-9-10-19(24)22-20(18)25/h7-8,11,13-14,18H,2-6,9-10,12H2,1H3,(H,22,24,25). The molecule has 1 saturated carbocycles. The highest BCUT2D eigenvalue weighted by molar-refractivity contribution is 6.05. The van der Waals surface area contributed by atoms with E-state index in [1.165, 1.54) is 37.7 Å². The Morgan fingerprint density at radius 3 is 2.69 bits per heavy atom. The third-order valence-electron chi connectivity index (χ3n) is 6.28. The Kier molecular flexibility index (Phi) is 4.55. The van der Waals surface area contributed by atoms with Gasteiger partial charge >= 0.3 is 0 Å². The van der Waals surface area contributed by atoms with Gasteiger partial charge in [0, 0.05) is 18.5 Å². The summed E-state index contributed by atoms with van der Waals surface area (Å²) in [5, 5.41) is 2.36. The second-order valence-electron chi connectivity index (χ2n) is 8.13. The first-order valence-electron chi connectivity index (χ1n) is 9.80. The first-order chi connectivity index (χ1) is 12.5. The number of imide groups is 1. The molecule has 3 atom stereocenters. The van der Waals surface area contributed by atoms with Crippen molar-refractivity contribution in [2.45, 2.75) is 70.4 Å². The van der Waals surface area contributed by atoms with Crippen molar-refractivity contribution in [3.05, 3.63) is 34.9 Å². The molecule has 26 heavy (non-hydrogen) atoms. The lowest BCUT2D eigenvalue weighted by molar-refractivity contribution is -0.136. The fourth-order valence-corrected chi connectivity index (χ4v) is 4.67. The lowest BCUT2D eigenvalue weighted by Gasteiger charge is -2.29. The normalized spacial score (nSPS) is 29.3.